The van der Waals surface area contributed by atoms with Crippen LogP contribution in [0.4, 0.5) is 0 Å². The lowest BCUT2D eigenvalue weighted by atomic mass is 9.85. The molecule has 0 atom stereocenters. The topological polar surface area (TPSA) is 71.8 Å². The molecule has 1 aliphatic rings. The predicted molar refractivity (Wildman–Crippen MR) is 134 cm³/mol. The van der Waals surface area contributed by atoms with Gasteiger partial charge in [0.2, 0.25) is 0 Å². The first-order valence-corrected chi connectivity index (χ1v) is 11.7. The minimum absolute atomic E-state index is 0.0272. The minimum Gasteiger partial charge on any atom is -0.468 e. The first kappa shape index (κ1) is 23.2. The molecule has 0 spiro atoms. The Hall–Kier alpha value is -3.52. The van der Waals surface area contributed by atoms with Crippen LogP contribution in [-0.2, 0) is 14.5 Å². The van der Waals surface area contributed by atoms with Gasteiger partial charge in [-0.05, 0) is 79.8 Å². The number of carbonyl (C=O) groups excluding carboxylic acids is 1. The standard InChI is InChI=1S/C28H28N2O5/c1-5-34-35-14-13-32-16-33-21-10-8-9-20(15-21)24-17(2)18(3)25-26(19(24)4)28(31)30-23-12-7-6-11-22(23)29-27(25)30/h6-12,15H,5,13-14,16H2,1-4H3. The van der Waals surface area contributed by atoms with Crippen LogP contribution in [0.3, 0.4) is 0 Å². The summed E-state index contributed by atoms with van der Waals surface area (Å²) >= 11 is 0. The highest BCUT2D eigenvalue weighted by atomic mass is 17.2. The summed E-state index contributed by atoms with van der Waals surface area (Å²) < 4.78 is 13.0. The summed E-state index contributed by atoms with van der Waals surface area (Å²) in [4.78, 5) is 28.2. The van der Waals surface area contributed by atoms with Gasteiger partial charge in [0.1, 0.15) is 18.2 Å². The van der Waals surface area contributed by atoms with Gasteiger partial charge in [0.15, 0.2) is 6.79 Å². The molecule has 35 heavy (non-hydrogen) atoms. The van der Waals surface area contributed by atoms with Gasteiger partial charge < -0.3 is 9.47 Å². The van der Waals surface area contributed by atoms with Gasteiger partial charge in [-0.1, -0.05) is 24.3 Å². The summed E-state index contributed by atoms with van der Waals surface area (Å²) in [6.07, 6.45) is 0. The summed E-state index contributed by atoms with van der Waals surface area (Å²) in [6, 6.07) is 15.6. The van der Waals surface area contributed by atoms with Crippen LogP contribution in [0.5, 0.6) is 5.75 Å². The number of benzene rings is 3. The Bertz CT molecular complexity index is 1420. The normalized spacial score (nSPS) is 12.3. The second-order valence-corrected chi connectivity index (χ2v) is 8.49. The van der Waals surface area contributed by atoms with Gasteiger partial charge in [-0.3, -0.25) is 9.36 Å². The van der Waals surface area contributed by atoms with Crippen molar-refractivity contribution in [1.82, 2.24) is 9.55 Å². The zero-order valence-electron chi connectivity index (χ0n) is 20.4. The molecule has 2 heterocycles. The molecule has 3 aromatic carbocycles. The predicted octanol–water partition coefficient (Wildman–Crippen LogP) is 5.62. The van der Waals surface area contributed by atoms with Crippen LogP contribution >= 0.6 is 0 Å². The van der Waals surface area contributed by atoms with Gasteiger partial charge in [0.25, 0.3) is 5.91 Å². The Kier molecular flexibility index (Phi) is 6.38. The van der Waals surface area contributed by atoms with Crippen molar-refractivity contribution in [1.29, 1.82) is 0 Å². The molecule has 1 aromatic heterocycles. The summed E-state index contributed by atoms with van der Waals surface area (Å²) in [5, 5.41) is 0. The number of aromatic nitrogens is 2. The number of carbonyl (C=O) groups is 1. The highest BCUT2D eigenvalue weighted by Gasteiger charge is 2.35. The van der Waals surface area contributed by atoms with E-state index in [1.165, 1.54) is 0 Å². The summed E-state index contributed by atoms with van der Waals surface area (Å²) in [5.74, 6) is 1.39. The van der Waals surface area contributed by atoms with Crippen LogP contribution in [-0.4, -0.2) is 42.1 Å². The van der Waals surface area contributed by atoms with E-state index in [2.05, 4.69) is 13.8 Å². The van der Waals surface area contributed by atoms with Crippen molar-refractivity contribution in [2.45, 2.75) is 27.7 Å². The van der Waals surface area contributed by atoms with Crippen molar-refractivity contribution in [2.75, 3.05) is 26.6 Å². The molecular weight excluding hydrogens is 444 g/mol. The molecule has 7 nitrogen and oxygen atoms in total. The Balaban J connectivity index is 1.46. The van der Waals surface area contributed by atoms with Crippen molar-refractivity contribution in [2.24, 2.45) is 0 Å². The van der Waals surface area contributed by atoms with Gasteiger partial charge in [0.05, 0.1) is 29.8 Å². The van der Waals surface area contributed by atoms with Crippen LogP contribution in [0.15, 0.2) is 48.5 Å². The van der Waals surface area contributed by atoms with Crippen LogP contribution in [0.2, 0.25) is 0 Å². The van der Waals surface area contributed by atoms with Gasteiger partial charge in [-0.2, -0.15) is 0 Å². The van der Waals surface area contributed by atoms with E-state index in [9.17, 15) is 4.79 Å². The SMILES string of the molecule is CCOOCCOCOc1cccc(-c2c(C)c(C)c3c(c2C)C(=O)n2c-3nc3ccccc32)c1. The Morgan fingerprint density at radius 2 is 1.66 bits per heavy atom. The second kappa shape index (κ2) is 9.62. The van der Waals surface area contributed by atoms with Crippen LogP contribution < -0.4 is 4.74 Å². The lowest BCUT2D eigenvalue weighted by Crippen LogP contribution is -2.09. The molecule has 1 aliphatic heterocycles. The van der Waals surface area contributed by atoms with Gasteiger partial charge >= 0.3 is 0 Å². The van der Waals surface area contributed by atoms with Gasteiger partial charge in [-0.25, -0.2) is 14.8 Å². The van der Waals surface area contributed by atoms with Crippen molar-refractivity contribution in [3.05, 3.63) is 70.8 Å². The quantitative estimate of drug-likeness (QED) is 0.120. The first-order chi connectivity index (χ1) is 17.0. The molecule has 0 radical (unpaired) electrons. The molecule has 0 N–H and O–H groups in total. The average Bonchev–Trinajstić information content (AvgIpc) is 3.37. The van der Waals surface area contributed by atoms with Crippen molar-refractivity contribution in [3.63, 3.8) is 0 Å². The molecule has 0 saturated heterocycles. The zero-order chi connectivity index (χ0) is 24.5. The molecule has 5 rings (SSSR count). The second-order valence-electron chi connectivity index (χ2n) is 8.49. The molecule has 0 amide bonds. The lowest BCUT2D eigenvalue weighted by molar-refractivity contribution is -0.297. The van der Waals surface area contributed by atoms with Gasteiger partial charge in [-0.15, -0.1) is 0 Å². The Morgan fingerprint density at radius 1 is 0.857 bits per heavy atom. The number of hydrogen-bond donors (Lipinski definition) is 0. The van der Waals surface area contributed by atoms with E-state index in [1.807, 2.05) is 62.4 Å². The molecule has 0 bridgehead atoms. The van der Waals surface area contributed by atoms with E-state index >= 15 is 0 Å². The monoisotopic (exact) mass is 472 g/mol. The van der Waals surface area contributed by atoms with Crippen LogP contribution in [0.25, 0.3) is 33.5 Å². The molecule has 0 saturated carbocycles. The summed E-state index contributed by atoms with van der Waals surface area (Å²) in [6.45, 7) is 9.35. The molecule has 4 aromatic rings. The molecule has 180 valence electrons. The molecule has 7 heteroatoms. The Labute approximate surface area is 204 Å². The lowest BCUT2D eigenvalue weighted by Gasteiger charge is -2.18. The first-order valence-electron chi connectivity index (χ1n) is 11.7. The third-order valence-electron chi connectivity index (χ3n) is 6.46. The van der Waals surface area contributed by atoms with Crippen LogP contribution in [0.1, 0.15) is 34.0 Å². The maximum atomic E-state index is 13.6. The fraction of sp³-hybridized carbons (Fsp3) is 0.286. The minimum atomic E-state index is -0.0272. The van der Waals surface area contributed by atoms with E-state index in [-0.39, 0.29) is 12.7 Å². The number of nitrogens with zero attached hydrogens (tertiary/aromatic N) is 2. The Morgan fingerprint density at radius 3 is 2.49 bits per heavy atom. The number of fused-ring (bicyclic) bond motifs is 5. The van der Waals surface area contributed by atoms with Crippen molar-refractivity contribution in [3.8, 4) is 28.3 Å². The largest absolute Gasteiger partial charge is 0.468 e. The average molecular weight is 473 g/mol. The van der Waals surface area contributed by atoms with Crippen LogP contribution in [0, 0.1) is 20.8 Å². The smallest absolute Gasteiger partial charge is 0.265 e. The van der Waals surface area contributed by atoms with E-state index in [0.717, 1.165) is 55.8 Å². The molecule has 0 unspecified atom stereocenters. The highest BCUT2D eigenvalue weighted by Crippen LogP contribution is 2.44. The number of para-hydroxylation sites is 2. The van der Waals surface area contributed by atoms with E-state index in [0.29, 0.717) is 25.6 Å². The van der Waals surface area contributed by atoms with E-state index in [4.69, 9.17) is 24.2 Å². The molecule has 0 fully saturated rings. The van der Waals surface area contributed by atoms with E-state index < -0.39 is 0 Å². The number of ether oxygens (including phenoxy) is 2. The van der Waals surface area contributed by atoms with Crippen molar-refractivity contribution < 1.29 is 24.0 Å². The van der Waals surface area contributed by atoms with Gasteiger partial charge in [0, 0.05) is 5.56 Å². The third kappa shape index (κ3) is 4.01. The maximum Gasteiger partial charge on any atom is 0.265 e. The fourth-order valence-electron chi connectivity index (χ4n) is 4.79. The number of imidazole rings is 1. The van der Waals surface area contributed by atoms with Crippen molar-refractivity contribution >= 4 is 16.9 Å². The number of hydrogen-bond acceptors (Lipinski definition) is 6. The molecular formula is C28H28N2O5. The fourth-order valence-corrected chi connectivity index (χ4v) is 4.79. The summed E-state index contributed by atoms with van der Waals surface area (Å²) in [7, 11) is 0. The van der Waals surface area contributed by atoms with E-state index in [1.54, 1.807) is 4.57 Å². The highest BCUT2D eigenvalue weighted by molar-refractivity contribution is 6.15. The maximum absolute atomic E-state index is 13.6. The molecule has 0 aliphatic carbocycles. The zero-order valence-corrected chi connectivity index (χ0v) is 20.4. The summed E-state index contributed by atoms with van der Waals surface area (Å²) in [5.41, 5.74) is 8.49. The third-order valence-corrected chi connectivity index (χ3v) is 6.46. The number of rotatable bonds is 9.